The highest BCUT2D eigenvalue weighted by Crippen LogP contribution is 2.35. The van der Waals surface area contributed by atoms with E-state index in [0.717, 1.165) is 39.3 Å². The fraction of sp³-hybridized carbons (Fsp3) is 0.474. The third kappa shape index (κ3) is 4.08. The Balaban J connectivity index is 1.55. The first-order valence-electron chi connectivity index (χ1n) is 8.69. The van der Waals surface area contributed by atoms with Crippen LogP contribution in [0.5, 0.6) is 0 Å². The molecule has 0 atom stereocenters. The zero-order valence-corrected chi connectivity index (χ0v) is 14.2. The lowest BCUT2D eigenvalue weighted by Crippen LogP contribution is -2.41. The van der Waals surface area contributed by atoms with Crippen LogP contribution in [-0.4, -0.2) is 54.7 Å². The number of nitrogens with zero attached hydrogens (tertiary/aromatic N) is 1. The molecule has 1 amide bonds. The van der Waals surface area contributed by atoms with Crippen LogP contribution < -0.4 is 5.32 Å². The lowest BCUT2D eigenvalue weighted by atomic mass is 9.84. The smallest absolute Gasteiger partial charge is 0.319 e. The maximum atomic E-state index is 12.4. The molecule has 0 unspecified atom stereocenters. The molecule has 0 aromatic heterocycles. The third-order valence-corrected chi connectivity index (χ3v) is 4.98. The monoisotopic (exact) mass is 344 g/mol. The van der Waals surface area contributed by atoms with Crippen molar-refractivity contribution in [1.82, 2.24) is 4.90 Å². The van der Waals surface area contributed by atoms with Crippen molar-refractivity contribution in [3.05, 3.63) is 42.0 Å². The number of carbonyl (C=O) groups is 2. The molecule has 0 radical (unpaired) electrons. The van der Waals surface area contributed by atoms with Crippen LogP contribution in [0.4, 0.5) is 5.69 Å². The molecule has 1 aromatic rings. The molecule has 1 aliphatic heterocycles. The van der Waals surface area contributed by atoms with Crippen molar-refractivity contribution in [2.24, 2.45) is 5.41 Å². The lowest BCUT2D eigenvalue weighted by molar-refractivity contribution is -0.153. The molecule has 134 valence electrons. The van der Waals surface area contributed by atoms with E-state index >= 15 is 0 Å². The molecule has 0 bridgehead atoms. The first-order chi connectivity index (χ1) is 12.1. The summed E-state index contributed by atoms with van der Waals surface area (Å²) in [5, 5.41) is 12.2. The fourth-order valence-electron chi connectivity index (χ4n) is 3.23. The van der Waals surface area contributed by atoms with Crippen molar-refractivity contribution >= 4 is 17.6 Å². The summed E-state index contributed by atoms with van der Waals surface area (Å²) < 4.78 is 5.34. The second kappa shape index (κ2) is 7.80. The van der Waals surface area contributed by atoms with E-state index in [1.807, 2.05) is 24.3 Å². The molecule has 6 nitrogen and oxygen atoms in total. The van der Waals surface area contributed by atoms with Crippen LogP contribution >= 0.6 is 0 Å². The normalized spacial score (nSPS) is 19.7. The predicted octanol–water partition coefficient (Wildman–Crippen LogP) is 1.92. The summed E-state index contributed by atoms with van der Waals surface area (Å²) in [7, 11) is 0. The van der Waals surface area contributed by atoms with E-state index in [-0.39, 0.29) is 12.8 Å². The minimum absolute atomic E-state index is 0.242. The van der Waals surface area contributed by atoms with Gasteiger partial charge in [-0.3, -0.25) is 14.5 Å². The number of allylic oxidation sites excluding steroid dienone is 2. The number of carbonyl (C=O) groups excluding carboxylic acids is 1. The largest absolute Gasteiger partial charge is 0.480 e. The second-order valence-corrected chi connectivity index (χ2v) is 6.62. The lowest BCUT2D eigenvalue weighted by Gasteiger charge is -2.26. The van der Waals surface area contributed by atoms with E-state index in [0.29, 0.717) is 5.69 Å². The Morgan fingerprint density at radius 3 is 2.36 bits per heavy atom. The number of amides is 1. The molecule has 2 aliphatic rings. The number of carboxylic acid groups (broad SMARTS) is 1. The van der Waals surface area contributed by atoms with Gasteiger partial charge in [0.05, 0.1) is 13.2 Å². The number of carboxylic acids is 1. The average molecular weight is 344 g/mol. The number of nitrogens with one attached hydrogen (secondary N) is 1. The van der Waals surface area contributed by atoms with Crippen molar-refractivity contribution < 1.29 is 19.4 Å². The van der Waals surface area contributed by atoms with Crippen LogP contribution in [0.1, 0.15) is 18.4 Å². The predicted molar refractivity (Wildman–Crippen MR) is 94.5 cm³/mol. The van der Waals surface area contributed by atoms with E-state index in [1.54, 1.807) is 12.2 Å². The van der Waals surface area contributed by atoms with Gasteiger partial charge in [-0.15, -0.1) is 0 Å². The van der Waals surface area contributed by atoms with E-state index in [9.17, 15) is 14.7 Å². The van der Waals surface area contributed by atoms with Crippen molar-refractivity contribution in [3.8, 4) is 0 Å². The Kier molecular flexibility index (Phi) is 5.50. The molecule has 0 spiro atoms. The average Bonchev–Trinajstić information content (AvgIpc) is 3.13. The summed E-state index contributed by atoms with van der Waals surface area (Å²) in [6, 6.07) is 7.64. The van der Waals surface area contributed by atoms with Crippen molar-refractivity contribution in [1.29, 1.82) is 0 Å². The van der Waals surface area contributed by atoms with Gasteiger partial charge in [-0.25, -0.2) is 0 Å². The Morgan fingerprint density at radius 2 is 1.76 bits per heavy atom. The maximum absolute atomic E-state index is 12.4. The Labute approximate surface area is 147 Å². The van der Waals surface area contributed by atoms with Crippen molar-refractivity contribution in [2.75, 3.05) is 38.2 Å². The maximum Gasteiger partial charge on any atom is 0.319 e. The summed E-state index contributed by atoms with van der Waals surface area (Å²) >= 11 is 0. The van der Waals surface area contributed by atoms with E-state index in [2.05, 4.69) is 10.2 Å². The van der Waals surface area contributed by atoms with E-state index < -0.39 is 17.3 Å². The number of hydrogen-bond acceptors (Lipinski definition) is 4. The number of hydrogen-bond donors (Lipinski definition) is 2. The van der Waals surface area contributed by atoms with Crippen molar-refractivity contribution in [3.63, 3.8) is 0 Å². The SMILES string of the molecule is O=C(O)C1(C(=O)Nc2ccc(CCN3CCOCC3)cc2)CC=CC1. The van der Waals surface area contributed by atoms with Gasteiger partial charge in [-0.1, -0.05) is 24.3 Å². The summed E-state index contributed by atoms with van der Waals surface area (Å²) in [6.45, 7) is 4.53. The Bertz CT molecular complexity index is 640. The van der Waals surface area contributed by atoms with Crippen LogP contribution in [-0.2, 0) is 20.7 Å². The standard InChI is InChI=1S/C19H24N2O4/c22-17(19(18(23)24)8-1-2-9-19)20-16-5-3-15(4-6-16)7-10-21-11-13-25-14-12-21/h1-6H,7-14H2,(H,20,22)(H,23,24). The molecule has 3 rings (SSSR count). The van der Waals surface area contributed by atoms with Crippen LogP contribution in [0.15, 0.2) is 36.4 Å². The van der Waals surface area contributed by atoms with Crippen LogP contribution in [0.3, 0.4) is 0 Å². The zero-order chi connectivity index (χ0) is 17.7. The zero-order valence-electron chi connectivity index (χ0n) is 14.2. The molecule has 25 heavy (non-hydrogen) atoms. The quantitative estimate of drug-likeness (QED) is 0.609. The molecule has 1 saturated heterocycles. The third-order valence-electron chi connectivity index (χ3n) is 4.98. The Morgan fingerprint density at radius 1 is 1.12 bits per heavy atom. The summed E-state index contributed by atoms with van der Waals surface area (Å²) in [6.07, 6.45) is 4.93. The topological polar surface area (TPSA) is 78.9 Å². The highest BCUT2D eigenvalue weighted by molar-refractivity contribution is 6.09. The first kappa shape index (κ1) is 17.6. The molecular formula is C19H24N2O4. The van der Waals surface area contributed by atoms with Gasteiger partial charge in [0, 0.05) is 25.3 Å². The molecule has 1 aromatic carbocycles. The number of aliphatic carboxylic acids is 1. The summed E-state index contributed by atoms with van der Waals surface area (Å²) in [4.78, 5) is 26.4. The highest BCUT2D eigenvalue weighted by Gasteiger charge is 2.46. The number of morpholine rings is 1. The molecule has 1 heterocycles. The molecule has 1 aliphatic carbocycles. The molecule has 6 heteroatoms. The van der Waals surface area contributed by atoms with Crippen LogP contribution in [0.2, 0.25) is 0 Å². The van der Waals surface area contributed by atoms with Gasteiger partial charge >= 0.3 is 5.97 Å². The van der Waals surface area contributed by atoms with E-state index in [4.69, 9.17) is 4.74 Å². The summed E-state index contributed by atoms with van der Waals surface area (Å²) in [5.41, 5.74) is 0.460. The fourth-order valence-corrected chi connectivity index (χ4v) is 3.23. The summed E-state index contributed by atoms with van der Waals surface area (Å²) in [5.74, 6) is -1.52. The van der Waals surface area contributed by atoms with Crippen LogP contribution in [0, 0.1) is 5.41 Å². The number of anilines is 1. The molecular weight excluding hydrogens is 320 g/mol. The number of rotatable bonds is 6. The number of benzene rings is 1. The van der Waals surface area contributed by atoms with Gasteiger partial charge in [0.2, 0.25) is 5.91 Å². The van der Waals surface area contributed by atoms with Gasteiger partial charge in [-0.2, -0.15) is 0 Å². The van der Waals surface area contributed by atoms with Crippen LogP contribution in [0.25, 0.3) is 0 Å². The van der Waals surface area contributed by atoms with Gasteiger partial charge in [0.25, 0.3) is 0 Å². The second-order valence-electron chi connectivity index (χ2n) is 6.62. The molecule has 2 N–H and O–H groups in total. The highest BCUT2D eigenvalue weighted by atomic mass is 16.5. The van der Waals surface area contributed by atoms with Gasteiger partial charge in [0.15, 0.2) is 5.41 Å². The minimum atomic E-state index is -1.37. The van der Waals surface area contributed by atoms with Crippen molar-refractivity contribution in [2.45, 2.75) is 19.3 Å². The molecule has 0 saturated carbocycles. The van der Waals surface area contributed by atoms with Gasteiger partial charge in [-0.05, 0) is 37.0 Å². The van der Waals surface area contributed by atoms with Gasteiger partial charge < -0.3 is 15.2 Å². The minimum Gasteiger partial charge on any atom is -0.480 e. The Hall–Kier alpha value is -2.18. The van der Waals surface area contributed by atoms with Gasteiger partial charge in [0.1, 0.15) is 0 Å². The molecule has 1 fully saturated rings. The first-order valence-corrected chi connectivity index (χ1v) is 8.69. The number of ether oxygens (including phenoxy) is 1. The van der Waals surface area contributed by atoms with E-state index in [1.165, 1.54) is 5.56 Å².